The van der Waals surface area contributed by atoms with Crippen LogP contribution in [0.4, 0.5) is 5.69 Å². The standard InChI is InChI=1S/C26H24N6O2/c1-19(30-32-31-28-16-20-5-3-2-4-6-20)21-8-11-25(12-9-21)34-18-26(33)29-24-10-7-23-17-27-14-13-22(23)15-24/h2-15,17H,16,18H2,1H3,(H,28,32)(H,29,33)/b30-19+. The van der Waals surface area contributed by atoms with Gasteiger partial charge in [0.2, 0.25) is 0 Å². The summed E-state index contributed by atoms with van der Waals surface area (Å²) in [5.41, 5.74) is 6.03. The van der Waals surface area contributed by atoms with Gasteiger partial charge in [-0.25, -0.2) is 0 Å². The first kappa shape index (κ1) is 22.6. The van der Waals surface area contributed by atoms with Gasteiger partial charge in [0.25, 0.3) is 5.91 Å². The molecule has 0 spiro atoms. The Morgan fingerprint density at radius 2 is 1.79 bits per heavy atom. The van der Waals surface area contributed by atoms with E-state index >= 15 is 0 Å². The maximum atomic E-state index is 12.3. The number of benzene rings is 3. The number of aromatic nitrogens is 1. The smallest absolute Gasteiger partial charge is 0.262 e. The van der Waals surface area contributed by atoms with E-state index in [0.29, 0.717) is 18.0 Å². The Balaban J connectivity index is 1.23. The molecule has 1 amide bonds. The van der Waals surface area contributed by atoms with Crippen LogP contribution >= 0.6 is 0 Å². The van der Waals surface area contributed by atoms with E-state index in [1.54, 1.807) is 24.5 Å². The monoisotopic (exact) mass is 452 g/mol. The fourth-order valence-electron chi connectivity index (χ4n) is 3.19. The highest BCUT2D eigenvalue weighted by atomic mass is 16.5. The van der Waals surface area contributed by atoms with Crippen molar-refractivity contribution >= 4 is 28.1 Å². The predicted octanol–water partition coefficient (Wildman–Crippen LogP) is 5.13. The number of hydrazone groups is 1. The van der Waals surface area contributed by atoms with E-state index in [-0.39, 0.29) is 12.5 Å². The molecule has 170 valence electrons. The van der Waals surface area contributed by atoms with E-state index in [1.165, 1.54) is 0 Å². The highest BCUT2D eigenvalue weighted by Gasteiger charge is 2.05. The summed E-state index contributed by atoms with van der Waals surface area (Å²) in [5.74, 6) is 0.354. The number of fused-ring (bicyclic) bond motifs is 1. The Hall–Kier alpha value is -4.59. The third kappa shape index (κ3) is 6.46. The number of hydrogen-bond acceptors (Lipinski definition) is 6. The predicted molar refractivity (Wildman–Crippen MR) is 133 cm³/mol. The minimum Gasteiger partial charge on any atom is -0.484 e. The zero-order valence-electron chi connectivity index (χ0n) is 18.7. The summed E-state index contributed by atoms with van der Waals surface area (Å²) in [6.45, 7) is 2.26. The van der Waals surface area contributed by atoms with Crippen molar-refractivity contribution in [3.05, 3.63) is 102 Å². The number of rotatable bonds is 9. The summed E-state index contributed by atoms with van der Waals surface area (Å²) < 4.78 is 5.61. The molecule has 0 bridgehead atoms. The van der Waals surface area contributed by atoms with Crippen molar-refractivity contribution in [3.8, 4) is 5.75 Å². The summed E-state index contributed by atoms with van der Waals surface area (Å²) in [6, 6.07) is 24.7. The lowest BCUT2D eigenvalue weighted by atomic mass is 10.1. The van der Waals surface area contributed by atoms with E-state index in [4.69, 9.17) is 4.74 Å². The molecule has 8 heteroatoms. The number of amides is 1. The van der Waals surface area contributed by atoms with Gasteiger partial charge in [-0.2, -0.15) is 15.8 Å². The van der Waals surface area contributed by atoms with Gasteiger partial charge >= 0.3 is 0 Å². The average molecular weight is 453 g/mol. The van der Waals surface area contributed by atoms with Gasteiger partial charge in [0.05, 0.1) is 12.3 Å². The number of nitrogens with one attached hydrogen (secondary N) is 2. The van der Waals surface area contributed by atoms with Gasteiger partial charge in [-0.1, -0.05) is 41.6 Å². The van der Waals surface area contributed by atoms with Crippen LogP contribution in [0.25, 0.3) is 10.8 Å². The Kier molecular flexibility index (Phi) is 7.53. The SMILES string of the molecule is C/C(=N\N/N=N/Cc1ccccc1)c1ccc(OCC(=O)Nc2ccc3cnccc3c2)cc1. The molecule has 8 nitrogen and oxygen atoms in total. The second-order valence-corrected chi connectivity index (χ2v) is 7.48. The van der Waals surface area contributed by atoms with Crippen molar-refractivity contribution < 1.29 is 9.53 Å². The van der Waals surface area contributed by atoms with Gasteiger partial charge in [0.15, 0.2) is 6.61 Å². The topological polar surface area (TPSA) is 100 Å². The maximum absolute atomic E-state index is 12.3. The number of nitrogens with zero attached hydrogens (tertiary/aromatic N) is 4. The van der Waals surface area contributed by atoms with Crippen molar-refractivity contribution in [2.75, 3.05) is 11.9 Å². The molecule has 34 heavy (non-hydrogen) atoms. The Labute approximate surface area is 197 Å². The molecule has 3 aromatic carbocycles. The van der Waals surface area contributed by atoms with Gasteiger partial charge in [-0.3, -0.25) is 9.78 Å². The van der Waals surface area contributed by atoms with E-state index in [1.807, 2.05) is 73.7 Å². The van der Waals surface area contributed by atoms with Crippen LogP contribution < -0.4 is 15.6 Å². The van der Waals surface area contributed by atoms with Crippen LogP contribution in [0.5, 0.6) is 5.75 Å². The molecule has 0 saturated heterocycles. The molecule has 1 aromatic heterocycles. The van der Waals surface area contributed by atoms with Crippen LogP contribution in [-0.4, -0.2) is 23.2 Å². The molecule has 1 heterocycles. The third-order valence-corrected chi connectivity index (χ3v) is 5.00. The fourth-order valence-corrected chi connectivity index (χ4v) is 3.19. The summed E-state index contributed by atoms with van der Waals surface area (Å²) in [6.07, 6.45) is 3.51. The minimum atomic E-state index is -0.236. The second kappa shape index (κ2) is 11.3. The van der Waals surface area contributed by atoms with Crippen LogP contribution in [0, 0.1) is 0 Å². The molecule has 0 radical (unpaired) electrons. The lowest BCUT2D eigenvalue weighted by molar-refractivity contribution is -0.118. The number of carbonyl (C=O) groups excluding carboxylic acids is 1. The molecule has 4 aromatic rings. The van der Waals surface area contributed by atoms with Crippen molar-refractivity contribution in [1.82, 2.24) is 10.5 Å². The molecule has 0 unspecified atom stereocenters. The molecule has 2 N–H and O–H groups in total. The average Bonchev–Trinajstić information content (AvgIpc) is 2.88. The van der Waals surface area contributed by atoms with Crippen molar-refractivity contribution in [3.63, 3.8) is 0 Å². The van der Waals surface area contributed by atoms with E-state index in [9.17, 15) is 4.79 Å². The van der Waals surface area contributed by atoms with Crippen LogP contribution in [0.2, 0.25) is 0 Å². The Bertz CT molecular complexity index is 1300. The molecule has 4 rings (SSSR count). The number of ether oxygens (including phenoxy) is 1. The molecule has 0 fully saturated rings. The van der Waals surface area contributed by atoms with Crippen molar-refractivity contribution in [1.29, 1.82) is 0 Å². The lowest BCUT2D eigenvalue weighted by Crippen LogP contribution is -2.20. The molecule has 0 atom stereocenters. The zero-order chi connectivity index (χ0) is 23.6. The lowest BCUT2D eigenvalue weighted by Gasteiger charge is -2.09. The van der Waals surface area contributed by atoms with Crippen LogP contribution in [-0.2, 0) is 11.3 Å². The number of carbonyl (C=O) groups is 1. The van der Waals surface area contributed by atoms with E-state index in [0.717, 1.165) is 27.6 Å². The Morgan fingerprint density at radius 3 is 2.62 bits per heavy atom. The van der Waals surface area contributed by atoms with Gasteiger partial charge in [0, 0.05) is 23.5 Å². The molecular formula is C26H24N6O2. The summed E-state index contributed by atoms with van der Waals surface area (Å²) >= 11 is 0. The highest BCUT2D eigenvalue weighted by molar-refractivity contribution is 5.98. The number of hydrogen-bond donors (Lipinski definition) is 2. The van der Waals surface area contributed by atoms with Crippen molar-refractivity contribution in [2.45, 2.75) is 13.5 Å². The molecule has 0 aliphatic rings. The van der Waals surface area contributed by atoms with Gasteiger partial charge < -0.3 is 10.1 Å². The summed E-state index contributed by atoms with van der Waals surface area (Å²) in [4.78, 5) is 16.4. The first-order chi connectivity index (χ1) is 16.7. The summed E-state index contributed by atoms with van der Waals surface area (Å²) in [7, 11) is 0. The van der Waals surface area contributed by atoms with Gasteiger partial charge in [-0.15, -0.1) is 0 Å². The second-order valence-electron chi connectivity index (χ2n) is 7.48. The number of pyridine rings is 1. The largest absolute Gasteiger partial charge is 0.484 e. The molecule has 0 aliphatic heterocycles. The fraction of sp³-hybridized carbons (Fsp3) is 0.115. The number of anilines is 1. The Morgan fingerprint density at radius 1 is 0.971 bits per heavy atom. The van der Waals surface area contributed by atoms with Gasteiger partial charge in [-0.05, 0) is 65.9 Å². The van der Waals surface area contributed by atoms with Crippen LogP contribution in [0.1, 0.15) is 18.1 Å². The molecule has 0 saturated carbocycles. The van der Waals surface area contributed by atoms with Crippen LogP contribution in [0.15, 0.2) is 107 Å². The minimum absolute atomic E-state index is 0.0931. The summed E-state index contributed by atoms with van der Waals surface area (Å²) in [5, 5.41) is 17.0. The van der Waals surface area contributed by atoms with E-state index < -0.39 is 0 Å². The van der Waals surface area contributed by atoms with E-state index in [2.05, 4.69) is 31.3 Å². The highest BCUT2D eigenvalue weighted by Crippen LogP contribution is 2.18. The molecule has 0 aliphatic carbocycles. The zero-order valence-corrected chi connectivity index (χ0v) is 18.7. The quantitative estimate of drug-likeness (QED) is 0.209. The van der Waals surface area contributed by atoms with Crippen molar-refractivity contribution in [2.24, 2.45) is 15.4 Å². The van der Waals surface area contributed by atoms with Gasteiger partial charge in [0.1, 0.15) is 5.75 Å². The first-order valence-corrected chi connectivity index (χ1v) is 10.7. The molecular weight excluding hydrogens is 428 g/mol. The maximum Gasteiger partial charge on any atom is 0.262 e. The van der Waals surface area contributed by atoms with Crippen LogP contribution in [0.3, 0.4) is 0 Å². The first-order valence-electron chi connectivity index (χ1n) is 10.7. The normalized spacial score (nSPS) is 11.5. The third-order valence-electron chi connectivity index (χ3n) is 5.00.